The zero-order chi connectivity index (χ0) is 14.8. The van der Waals surface area contributed by atoms with Gasteiger partial charge in [0.15, 0.2) is 0 Å². The van der Waals surface area contributed by atoms with Gasteiger partial charge in [0.25, 0.3) is 0 Å². The van der Waals surface area contributed by atoms with Crippen LogP contribution in [-0.4, -0.2) is 26.4 Å². The predicted octanol–water partition coefficient (Wildman–Crippen LogP) is 1.98. The number of alkyl halides is 3. The first-order valence-corrected chi connectivity index (χ1v) is 5.80. The summed E-state index contributed by atoms with van der Waals surface area (Å²) in [6.45, 7) is 0.129. The molecule has 108 valence electrons. The van der Waals surface area contributed by atoms with E-state index in [9.17, 15) is 18.3 Å². The van der Waals surface area contributed by atoms with E-state index in [0.29, 0.717) is 5.56 Å². The van der Waals surface area contributed by atoms with E-state index >= 15 is 0 Å². The Kier molecular flexibility index (Phi) is 3.93. The summed E-state index contributed by atoms with van der Waals surface area (Å²) in [6.07, 6.45) is -1.29. The summed E-state index contributed by atoms with van der Waals surface area (Å²) in [5.41, 5.74) is -0.192. The number of nitrogens with zero attached hydrogens (tertiary/aromatic N) is 3. The van der Waals surface area contributed by atoms with Gasteiger partial charge in [-0.3, -0.25) is 4.68 Å². The molecule has 0 aliphatic rings. The topological polar surface area (TPSA) is 63.0 Å². The molecule has 0 aromatic carbocycles. The number of aliphatic hydroxyl groups excluding tert-OH is 1. The summed E-state index contributed by atoms with van der Waals surface area (Å²) >= 11 is 0. The maximum absolute atomic E-state index is 12.3. The summed E-state index contributed by atoms with van der Waals surface area (Å²) in [7, 11) is 1.72. The number of hydrogen-bond acceptors (Lipinski definition) is 4. The summed E-state index contributed by atoms with van der Waals surface area (Å²) in [4.78, 5) is 3.65. The number of aryl methyl sites for hydroxylation is 1. The van der Waals surface area contributed by atoms with Gasteiger partial charge in [-0.05, 0) is 12.1 Å². The van der Waals surface area contributed by atoms with Gasteiger partial charge in [0.05, 0.1) is 17.9 Å². The molecule has 0 aliphatic heterocycles. The SMILES string of the molecule is Cn1cc(C(O)CNc2ccc(C(F)(F)F)cn2)cn1. The molecule has 0 amide bonds. The Morgan fingerprint density at radius 3 is 2.60 bits per heavy atom. The highest BCUT2D eigenvalue weighted by Crippen LogP contribution is 2.28. The van der Waals surface area contributed by atoms with Crippen molar-refractivity contribution < 1.29 is 18.3 Å². The van der Waals surface area contributed by atoms with Crippen LogP contribution in [0.5, 0.6) is 0 Å². The molecular formula is C12H13F3N4O. The van der Waals surface area contributed by atoms with Crippen LogP contribution in [0.2, 0.25) is 0 Å². The van der Waals surface area contributed by atoms with Crippen molar-refractivity contribution in [1.82, 2.24) is 14.8 Å². The third-order valence-electron chi connectivity index (χ3n) is 2.68. The number of hydrogen-bond donors (Lipinski definition) is 2. The van der Waals surface area contributed by atoms with E-state index in [-0.39, 0.29) is 12.4 Å². The van der Waals surface area contributed by atoms with Crippen LogP contribution in [0.15, 0.2) is 30.7 Å². The van der Waals surface area contributed by atoms with E-state index < -0.39 is 17.8 Å². The van der Waals surface area contributed by atoms with Crippen LogP contribution >= 0.6 is 0 Å². The third-order valence-corrected chi connectivity index (χ3v) is 2.68. The zero-order valence-corrected chi connectivity index (χ0v) is 10.6. The number of aromatic nitrogens is 3. The minimum atomic E-state index is -4.40. The zero-order valence-electron chi connectivity index (χ0n) is 10.6. The molecule has 2 N–H and O–H groups in total. The summed E-state index contributed by atoms with van der Waals surface area (Å²) < 4.78 is 38.6. The minimum absolute atomic E-state index is 0.129. The van der Waals surface area contributed by atoms with E-state index in [1.165, 1.54) is 12.3 Å². The highest BCUT2D eigenvalue weighted by molar-refractivity contribution is 5.36. The molecule has 0 aliphatic carbocycles. The van der Waals surface area contributed by atoms with Crippen molar-refractivity contribution >= 4 is 5.82 Å². The second-order valence-corrected chi connectivity index (χ2v) is 4.27. The highest BCUT2D eigenvalue weighted by Gasteiger charge is 2.30. The number of rotatable bonds is 4. The molecule has 2 aromatic rings. The summed E-state index contributed by atoms with van der Waals surface area (Å²) in [5, 5.41) is 16.5. The maximum atomic E-state index is 12.3. The van der Waals surface area contributed by atoms with Crippen molar-refractivity contribution in [2.24, 2.45) is 7.05 Å². The first kappa shape index (κ1) is 14.3. The van der Waals surface area contributed by atoms with Crippen molar-refractivity contribution in [1.29, 1.82) is 0 Å². The Hall–Kier alpha value is -2.09. The van der Waals surface area contributed by atoms with Gasteiger partial charge in [-0.1, -0.05) is 0 Å². The lowest BCUT2D eigenvalue weighted by Gasteiger charge is -2.11. The minimum Gasteiger partial charge on any atom is -0.386 e. The van der Waals surface area contributed by atoms with Crippen molar-refractivity contribution in [3.63, 3.8) is 0 Å². The van der Waals surface area contributed by atoms with Crippen molar-refractivity contribution in [2.45, 2.75) is 12.3 Å². The monoisotopic (exact) mass is 286 g/mol. The van der Waals surface area contributed by atoms with Crippen LogP contribution in [0.1, 0.15) is 17.2 Å². The van der Waals surface area contributed by atoms with Crippen LogP contribution < -0.4 is 5.32 Å². The summed E-state index contributed by atoms with van der Waals surface area (Å²) in [6, 6.07) is 2.16. The molecule has 5 nitrogen and oxygen atoms in total. The largest absolute Gasteiger partial charge is 0.417 e. The first-order valence-electron chi connectivity index (χ1n) is 5.80. The summed E-state index contributed by atoms with van der Waals surface area (Å²) in [5.74, 6) is 0.265. The first-order chi connectivity index (χ1) is 9.36. The number of pyridine rings is 1. The molecule has 0 fully saturated rings. The van der Waals surface area contributed by atoms with Gasteiger partial charge in [-0.15, -0.1) is 0 Å². The normalized spacial score (nSPS) is 13.2. The van der Waals surface area contributed by atoms with Gasteiger partial charge in [0, 0.05) is 31.5 Å². The molecule has 8 heteroatoms. The molecule has 0 bridgehead atoms. The fourth-order valence-corrected chi connectivity index (χ4v) is 1.60. The number of aliphatic hydroxyl groups is 1. The van der Waals surface area contributed by atoms with E-state index in [4.69, 9.17) is 0 Å². The van der Waals surface area contributed by atoms with E-state index in [0.717, 1.165) is 12.3 Å². The van der Waals surface area contributed by atoms with Crippen LogP contribution in [0.25, 0.3) is 0 Å². The molecule has 1 unspecified atom stereocenters. The molecule has 2 aromatic heterocycles. The van der Waals surface area contributed by atoms with Crippen molar-refractivity contribution in [3.05, 3.63) is 41.9 Å². The average molecular weight is 286 g/mol. The van der Waals surface area contributed by atoms with Crippen LogP contribution in [0.3, 0.4) is 0 Å². The molecule has 0 radical (unpaired) electrons. The van der Waals surface area contributed by atoms with E-state index in [1.54, 1.807) is 17.9 Å². The standard InChI is InChI=1S/C12H13F3N4O/c1-19-7-8(4-18-19)10(20)6-17-11-3-2-9(5-16-11)12(13,14)15/h2-5,7,10,20H,6H2,1H3,(H,16,17). The quantitative estimate of drug-likeness (QED) is 0.902. The molecule has 0 saturated carbocycles. The van der Waals surface area contributed by atoms with Gasteiger partial charge in [0.1, 0.15) is 5.82 Å². The lowest BCUT2D eigenvalue weighted by Crippen LogP contribution is -2.13. The number of nitrogens with one attached hydrogen (secondary N) is 1. The molecule has 0 spiro atoms. The Bertz CT molecular complexity index is 565. The second-order valence-electron chi connectivity index (χ2n) is 4.27. The highest BCUT2D eigenvalue weighted by atomic mass is 19.4. The van der Waals surface area contributed by atoms with Crippen LogP contribution in [0.4, 0.5) is 19.0 Å². The second kappa shape index (κ2) is 5.49. The van der Waals surface area contributed by atoms with Gasteiger partial charge >= 0.3 is 6.18 Å². The smallest absolute Gasteiger partial charge is 0.386 e. The van der Waals surface area contributed by atoms with Gasteiger partial charge in [-0.25, -0.2) is 4.98 Å². The molecule has 20 heavy (non-hydrogen) atoms. The Balaban J connectivity index is 1.94. The molecule has 2 heterocycles. The number of anilines is 1. The van der Waals surface area contributed by atoms with Crippen LogP contribution in [-0.2, 0) is 13.2 Å². The van der Waals surface area contributed by atoms with Crippen molar-refractivity contribution in [3.8, 4) is 0 Å². The third kappa shape index (κ3) is 3.47. The molecule has 1 atom stereocenters. The Morgan fingerprint density at radius 1 is 1.35 bits per heavy atom. The fourth-order valence-electron chi connectivity index (χ4n) is 1.60. The molecular weight excluding hydrogens is 273 g/mol. The number of halogens is 3. The molecule has 0 saturated heterocycles. The Morgan fingerprint density at radius 2 is 2.10 bits per heavy atom. The fraction of sp³-hybridized carbons (Fsp3) is 0.333. The van der Waals surface area contributed by atoms with E-state index in [2.05, 4.69) is 15.4 Å². The maximum Gasteiger partial charge on any atom is 0.417 e. The van der Waals surface area contributed by atoms with Crippen LogP contribution in [0, 0.1) is 0 Å². The average Bonchev–Trinajstić information content (AvgIpc) is 2.82. The lowest BCUT2D eigenvalue weighted by molar-refractivity contribution is -0.137. The van der Waals surface area contributed by atoms with E-state index in [1.807, 2.05) is 0 Å². The van der Waals surface area contributed by atoms with Gasteiger partial charge in [0.2, 0.25) is 0 Å². The lowest BCUT2D eigenvalue weighted by atomic mass is 10.2. The van der Waals surface area contributed by atoms with Gasteiger partial charge < -0.3 is 10.4 Å². The molecule has 2 rings (SSSR count). The predicted molar refractivity (Wildman–Crippen MR) is 65.9 cm³/mol. The Labute approximate surface area is 113 Å². The van der Waals surface area contributed by atoms with Crippen molar-refractivity contribution in [2.75, 3.05) is 11.9 Å². The van der Waals surface area contributed by atoms with Gasteiger partial charge in [-0.2, -0.15) is 18.3 Å².